The van der Waals surface area contributed by atoms with Crippen molar-refractivity contribution < 1.29 is 17.9 Å². The second-order valence-electron chi connectivity index (χ2n) is 5.01. The van der Waals surface area contributed by atoms with Crippen LogP contribution in [0, 0.1) is 11.3 Å². The lowest BCUT2D eigenvalue weighted by molar-refractivity contribution is 0.0593. The number of nitriles is 1. The van der Waals surface area contributed by atoms with Crippen LogP contribution in [0.2, 0.25) is 0 Å². The van der Waals surface area contributed by atoms with E-state index in [1.54, 1.807) is 24.3 Å². The van der Waals surface area contributed by atoms with Gasteiger partial charge in [0.25, 0.3) is 0 Å². The van der Waals surface area contributed by atoms with E-state index in [2.05, 4.69) is 0 Å². The number of hydrogen-bond donors (Lipinski definition) is 1. The van der Waals surface area contributed by atoms with Crippen LogP contribution in [0.5, 0.6) is 0 Å². The fourth-order valence-corrected chi connectivity index (χ4v) is 2.97. The maximum absolute atomic E-state index is 11.9. The lowest BCUT2D eigenvalue weighted by Gasteiger charge is -2.09. The number of nitrogens with zero attached hydrogens (tertiary/aromatic N) is 2. The van der Waals surface area contributed by atoms with Gasteiger partial charge in [0.15, 0.2) is 15.5 Å². The molecule has 7 nitrogen and oxygen atoms in total. The zero-order chi connectivity index (χ0) is 17.2. The first-order chi connectivity index (χ1) is 10.8. The lowest BCUT2D eigenvalue weighted by atomic mass is 10.2. The Balaban J connectivity index is 2.50. The first-order valence-corrected chi connectivity index (χ1v) is 8.59. The Hall–Kier alpha value is -2.79. The second kappa shape index (κ2) is 6.14. The highest BCUT2D eigenvalue weighted by atomic mass is 32.2. The first-order valence-electron chi connectivity index (χ1n) is 6.53. The quantitative estimate of drug-likeness (QED) is 0.842. The molecule has 120 valence electrons. The Kier molecular flexibility index (Phi) is 4.43. The van der Waals surface area contributed by atoms with Gasteiger partial charge in [-0.25, -0.2) is 13.2 Å². The van der Waals surface area contributed by atoms with Crippen LogP contribution < -0.4 is 5.73 Å². The Labute approximate surface area is 133 Å². The van der Waals surface area contributed by atoms with Gasteiger partial charge in [0.1, 0.15) is 6.07 Å². The fourth-order valence-electron chi connectivity index (χ4n) is 2.17. The molecule has 0 atom stereocenters. The lowest BCUT2D eigenvalue weighted by Crippen LogP contribution is -2.11. The number of nitrogen functional groups attached to an aromatic ring is 1. The van der Waals surface area contributed by atoms with E-state index in [9.17, 15) is 13.2 Å². The van der Waals surface area contributed by atoms with Gasteiger partial charge in [-0.1, -0.05) is 12.1 Å². The minimum atomic E-state index is -3.13. The summed E-state index contributed by atoms with van der Waals surface area (Å²) in [7, 11) is -1.91. The van der Waals surface area contributed by atoms with Gasteiger partial charge < -0.3 is 15.0 Å². The number of anilines is 1. The molecule has 0 aliphatic heterocycles. The normalized spacial score (nSPS) is 11.0. The van der Waals surface area contributed by atoms with E-state index in [1.165, 1.54) is 17.9 Å². The van der Waals surface area contributed by atoms with Crippen molar-refractivity contribution >= 4 is 21.5 Å². The van der Waals surface area contributed by atoms with Crippen molar-refractivity contribution in [1.29, 1.82) is 5.26 Å². The molecule has 0 saturated carbocycles. The van der Waals surface area contributed by atoms with E-state index in [1.807, 2.05) is 6.07 Å². The smallest absolute Gasteiger partial charge is 0.357 e. The van der Waals surface area contributed by atoms with Crippen molar-refractivity contribution in [2.24, 2.45) is 0 Å². The summed E-state index contributed by atoms with van der Waals surface area (Å²) < 4.78 is 28.8. The number of ether oxygens (including phenoxy) is 1. The van der Waals surface area contributed by atoms with Gasteiger partial charge in [-0.15, -0.1) is 0 Å². The molecule has 1 aromatic carbocycles. The third kappa shape index (κ3) is 3.52. The van der Waals surface area contributed by atoms with E-state index < -0.39 is 15.8 Å². The maximum Gasteiger partial charge on any atom is 0.357 e. The van der Waals surface area contributed by atoms with Crippen LogP contribution in [-0.4, -0.2) is 32.3 Å². The number of aromatic nitrogens is 1. The number of sulfone groups is 1. The highest BCUT2D eigenvalue weighted by molar-refractivity contribution is 7.89. The molecule has 0 aliphatic carbocycles. The highest BCUT2D eigenvalue weighted by Gasteiger charge is 2.21. The fraction of sp³-hybridized carbons (Fsp3) is 0.200. The van der Waals surface area contributed by atoms with Crippen LogP contribution in [0.1, 0.15) is 21.6 Å². The molecule has 0 spiro atoms. The molecular weight excluding hydrogens is 318 g/mol. The number of methoxy groups -OCH3 is 1. The number of hydrogen-bond acceptors (Lipinski definition) is 6. The van der Waals surface area contributed by atoms with Crippen LogP contribution in [0.4, 0.5) is 5.69 Å². The predicted molar refractivity (Wildman–Crippen MR) is 84.8 cm³/mol. The number of rotatable bonds is 4. The van der Waals surface area contributed by atoms with Gasteiger partial charge in [0.2, 0.25) is 0 Å². The molecule has 2 aromatic rings. The molecule has 0 bridgehead atoms. The minimum Gasteiger partial charge on any atom is -0.464 e. The third-order valence-electron chi connectivity index (χ3n) is 3.19. The van der Waals surface area contributed by atoms with Gasteiger partial charge >= 0.3 is 5.97 Å². The SMILES string of the molecule is COC(=O)c1c(N)c(C#N)cn1-c1ccc(CS(C)(=O)=O)cc1. The molecular formula is C15H15N3O4S. The van der Waals surface area contributed by atoms with Gasteiger partial charge in [0, 0.05) is 18.1 Å². The van der Waals surface area contributed by atoms with E-state index in [4.69, 9.17) is 15.7 Å². The molecule has 1 aromatic heterocycles. The van der Waals surface area contributed by atoms with E-state index in [0.29, 0.717) is 11.3 Å². The molecule has 2 N–H and O–H groups in total. The molecule has 0 unspecified atom stereocenters. The molecule has 1 heterocycles. The standard InChI is InChI=1S/C15H15N3O4S/c1-22-15(19)14-13(17)11(7-16)8-18(14)12-5-3-10(4-6-12)9-23(2,20)21/h3-6,8H,9,17H2,1-2H3. The van der Waals surface area contributed by atoms with Crippen LogP contribution in [0.3, 0.4) is 0 Å². The minimum absolute atomic E-state index is 0.0413. The summed E-state index contributed by atoms with van der Waals surface area (Å²) in [6.07, 6.45) is 2.59. The van der Waals surface area contributed by atoms with Crippen LogP contribution in [0.15, 0.2) is 30.5 Å². The molecule has 0 fully saturated rings. The Morgan fingerprint density at radius 3 is 2.43 bits per heavy atom. The maximum atomic E-state index is 11.9. The van der Waals surface area contributed by atoms with Crippen LogP contribution >= 0.6 is 0 Å². The van der Waals surface area contributed by atoms with Crippen LogP contribution in [-0.2, 0) is 20.3 Å². The summed E-state index contributed by atoms with van der Waals surface area (Å²) in [6, 6.07) is 8.48. The summed E-state index contributed by atoms with van der Waals surface area (Å²) in [6.45, 7) is 0. The third-order valence-corrected chi connectivity index (χ3v) is 4.04. The van der Waals surface area contributed by atoms with Crippen molar-refractivity contribution in [1.82, 2.24) is 4.57 Å². The largest absolute Gasteiger partial charge is 0.464 e. The van der Waals surface area contributed by atoms with E-state index in [0.717, 1.165) is 6.26 Å². The number of nitrogens with two attached hydrogens (primary N) is 1. The Morgan fingerprint density at radius 2 is 1.96 bits per heavy atom. The Bertz CT molecular complexity index is 890. The van der Waals surface area contributed by atoms with E-state index >= 15 is 0 Å². The number of esters is 1. The number of carbonyl (C=O) groups is 1. The van der Waals surface area contributed by atoms with Gasteiger partial charge in [-0.3, -0.25) is 0 Å². The van der Waals surface area contributed by atoms with Gasteiger partial charge in [0.05, 0.1) is 24.1 Å². The summed E-state index contributed by atoms with van der Waals surface area (Å²) in [5, 5.41) is 9.07. The zero-order valence-corrected chi connectivity index (χ0v) is 13.4. The van der Waals surface area contributed by atoms with Crippen molar-refractivity contribution in [2.75, 3.05) is 19.1 Å². The highest BCUT2D eigenvalue weighted by Crippen LogP contribution is 2.25. The summed E-state index contributed by atoms with van der Waals surface area (Å²) >= 11 is 0. The van der Waals surface area contributed by atoms with Gasteiger partial charge in [-0.2, -0.15) is 5.26 Å². The molecule has 0 radical (unpaired) electrons. The Morgan fingerprint density at radius 1 is 1.35 bits per heavy atom. The molecule has 0 aliphatic rings. The van der Waals surface area contributed by atoms with Gasteiger partial charge in [-0.05, 0) is 17.7 Å². The molecule has 8 heteroatoms. The first kappa shape index (κ1) is 16.6. The topological polar surface area (TPSA) is 115 Å². The number of benzene rings is 1. The average Bonchev–Trinajstić information content (AvgIpc) is 2.82. The monoisotopic (exact) mass is 333 g/mol. The summed E-state index contributed by atoms with van der Waals surface area (Å²) in [4.78, 5) is 11.9. The van der Waals surface area contributed by atoms with Crippen molar-refractivity contribution in [3.8, 4) is 11.8 Å². The van der Waals surface area contributed by atoms with Crippen molar-refractivity contribution in [2.45, 2.75) is 5.75 Å². The zero-order valence-electron chi connectivity index (χ0n) is 12.6. The number of carbonyl (C=O) groups excluding carboxylic acids is 1. The summed E-state index contributed by atoms with van der Waals surface area (Å²) in [5.41, 5.74) is 7.26. The summed E-state index contributed by atoms with van der Waals surface area (Å²) in [5.74, 6) is -0.738. The molecule has 0 amide bonds. The average molecular weight is 333 g/mol. The predicted octanol–water partition coefficient (Wildman–Crippen LogP) is 1.26. The van der Waals surface area contributed by atoms with Crippen molar-refractivity contribution in [3.63, 3.8) is 0 Å². The molecule has 2 rings (SSSR count). The van der Waals surface area contributed by atoms with Crippen LogP contribution in [0.25, 0.3) is 5.69 Å². The van der Waals surface area contributed by atoms with E-state index in [-0.39, 0.29) is 22.7 Å². The van der Waals surface area contributed by atoms with Crippen molar-refractivity contribution in [3.05, 3.63) is 47.3 Å². The molecule has 0 saturated heterocycles. The molecule has 23 heavy (non-hydrogen) atoms. The second-order valence-corrected chi connectivity index (χ2v) is 7.16.